The molecule has 0 spiro atoms. The van der Waals surface area contributed by atoms with E-state index in [9.17, 15) is 9.59 Å². The normalized spacial score (nSPS) is 16.7. The van der Waals surface area contributed by atoms with E-state index in [0.29, 0.717) is 4.67 Å². The van der Waals surface area contributed by atoms with E-state index in [2.05, 4.69) is 21.2 Å². The summed E-state index contributed by atoms with van der Waals surface area (Å²) in [6.45, 7) is 3.26. The second-order valence-corrected chi connectivity index (χ2v) is 5.11. The van der Waals surface area contributed by atoms with Crippen molar-refractivity contribution in [2.45, 2.75) is 25.8 Å². The minimum atomic E-state index is -0.528. The molecule has 2 heterocycles. The largest absolute Gasteiger partial charge is 0.444 e. The molecule has 5 nitrogen and oxygen atoms in total. The molecule has 1 atom stereocenters. The van der Waals surface area contributed by atoms with E-state index in [0.717, 1.165) is 25.9 Å². The van der Waals surface area contributed by atoms with Crippen molar-refractivity contribution in [2.24, 2.45) is 0 Å². The first-order valence-electron chi connectivity index (χ1n) is 5.93. The van der Waals surface area contributed by atoms with Crippen molar-refractivity contribution in [3.8, 4) is 0 Å². The predicted molar refractivity (Wildman–Crippen MR) is 69.2 cm³/mol. The summed E-state index contributed by atoms with van der Waals surface area (Å²) in [6.07, 6.45) is 2.08. The average Bonchev–Trinajstić information content (AvgIpc) is 2.98. The van der Waals surface area contributed by atoms with Crippen molar-refractivity contribution in [2.75, 3.05) is 13.1 Å². The van der Waals surface area contributed by atoms with Crippen LogP contribution in [0.1, 0.15) is 30.3 Å². The molecular formula is C12H15BrN2O3. The van der Waals surface area contributed by atoms with Crippen LogP contribution in [0.5, 0.6) is 0 Å². The molecule has 1 N–H and O–H groups in total. The van der Waals surface area contributed by atoms with Crippen LogP contribution in [0, 0.1) is 0 Å². The highest BCUT2D eigenvalue weighted by atomic mass is 79.9. The van der Waals surface area contributed by atoms with Gasteiger partial charge in [-0.25, -0.2) is 0 Å². The molecule has 1 aliphatic heterocycles. The van der Waals surface area contributed by atoms with E-state index in [4.69, 9.17) is 4.42 Å². The van der Waals surface area contributed by atoms with Crippen LogP contribution in [-0.4, -0.2) is 35.8 Å². The van der Waals surface area contributed by atoms with Crippen LogP contribution in [-0.2, 0) is 4.79 Å². The smallest absolute Gasteiger partial charge is 0.287 e. The van der Waals surface area contributed by atoms with Crippen molar-refractivity contribution >= 4 is 27.7 Å². The van der Waals surface area contributed by atoms with E-state index >= 15 is 0 Å². The molecule has 0 bridgehead atoms. The molecule has 1 saturated heterocycles. The van der Waals surface area contributed by atoms with Crippen LogP contribution in [0.3, 0.4) is 0 Å². The SMILES string of the molecule is CC(NC(=O)c1ccc(Br)o1)C(=O)N1CCCC1. The van der Waals surface area contributed by atoms with Crippen LogP contribution in [0.15, 0.2) is 21.2 Å². The maximum Gasteiger partial charge on any atom is 0.287 e. The Balaban J connectivity index is 1.92. The molecule has 0 saturated carbocycles. The van der Waals surface area contributed by atoms with E-state index in [-0.39, 0.29) is 17.6 Å². The first kappa shape index (κ1) is 13.1. The number of amides is 2. The number of hydrogen-bond donors (Lipinski definition) is 1. The third-order valence-electron chi connectivity index (χ3n) is 2.93. The quantitative estimate of drug-likeness (QED) is 0.925. The fourth-order valence-electron chi connectivity index (χ4n) is 1.98. The summed E-state index contributed by atoms with van der Waals surface area (Å²) in [6, 6.07) is 2.67. The average molecular weight is 315 g/mol. The number of halogens is 1. The number of nitrogens with zero attached hydrogens (tertiary/aromatic N) is 1. The second-order valence-electron chi connectivity index (χ2n) is 4.33. The van der Waals surface area contributed by atoms with E-state index < -0.39 is 6.04 Å². The van der Waals surface area contributed by atoms with E-state index in [1.165, 1.54) is 0 Å². The molecular weight excluding hydrogens is 300 g/mol. The van der Waals surface area contributed by atoms with Crippen molar-refractivity contribution in [1.82, 2.24) is 10.2 Å². The van der Waals surface area contributed by atoms with Gasteiger partial charge in [0.15, 0.2) is 10.4 Å². The Morgan fingerprint density at radius 2 is 2.06 bits per heavy atom. The number of rotatable bonds is 3. The van der Waals surface area contributed by atoms with Gasteiger partial charge in [-0.1, -0.05) is 0 Å². The number of likely N-dealkylation sites (tertiary alicyclic amines) is 1. The Labute approximate surface area is 114 Å². The third kappa shape index (κ3) is 2.93. The highest BCUT2D eigenvalue weighted by molar-refractivity contribution is 9.10. The third-order valence-corrected chi connectivity index (χ3v) is 3.36. The summed E-state index contributed by atoms with van der Waals surface area (Å²) in [5.74, 6) is -0.213. The van der Waals surface area contributed by atoms with Crippen LogP contribution in [0.25, 0.3) is 0 Å². The summed E-state index contributed by atoms with van der Waals surface area (Å²) >= 11 is 3.13. The lowest BCUT2D eigenvalue weighted by molar-refractivity contribution is -0.131. The molecule has 2 rings (SSSR count). The van der Waals surface area contributed by atoms with Gasteiger partial charge >= 0.3 is 0 Å². The van der Waals surface area contributed by atoms with Gasteiger partial charge in [-0.05, 0) is 47.8 Å². The molecule has 1 aromatic rings. The molecule has 0 aliphatic carbocycles. The zero-order valence-electron chi connectivity index (χ0n) is 10.1. The highest BCUT2D eigenvalue weighted by Gasteiger charge is 2.25. The van der Waals surface area contributed by atoms with Gasteiger partial charge in [0.25, 0.3) is 5.91 Å². The standard InChI is InChI=1S/C12H15BrN2O3/c1-8(12(17)15-6-2-3-7-15)14-11(16)9-4-5-10(13)18-9/h4-5,8H,2-3,6-7H2,1H3,(H,14,16). The van der Waals surface area contributed by atoms with Crippen molar-refractivity contribution in [1.29, 1.82) is 0 Å². The highest BCUT2D eigenvalue weighted by Crippen LogP contribution is 2.14. The zero-order chi connectivity index (χ0) is 13.1. The summed E-state index contributed by atoms with van der Waals surface area (Å²) in [5.41, 5.74) is 0. The van der Waals surface area contributed by atoms with Crippen molar-refractivity contribution in [3.63, 3.8) is 0 Å². The van der Waals surface area contributed by atoms with Gasteiger partial charge in [-0.3, -0.25) is 9.59 Å². The van der Waals surface area contributed by atoms with Crippen LogP contribution < -0.4 is 5.32 Å². The number of hydrogen-bond acceptors (Lipinski definition) is 3. The first-order valence-corrected chi connectivity index (χ1v) is 6.72. The fourth-order valence-corrected chi connectivity index (χ4v) is 2.28. The van der Waals surface area contributed by atoms with Gasteiger partial charge in [0.2, 0.25) is 5.91 Å². The molecule has 0 radical (unpaired) electrons. The predicted octanol–water partition coefficient (Wildman–Crippen LogP) is 1.78. The van der Waals surface area contributed by atoms with Gasteiger partial charge in [0, 0.05) is 13.1 Å². The molecule has 18 heavy (non-hydrogen) atoms. The number of carbonyl (C=O) groups is 2. The minimum Gasteiger partial charge on any atom is -0.444 e. The van der Waals surface area contributed by atoms with Crippen LogP contribution >= 0.6 is 15.9 Å². The monoisotopic (exact) mass is 314 g/mol. The molecule has 6 heteroatoms. The van der Waals surface area contributed by atoms with Crippen molar-refractivity contribution < 1.29 is 14.0 Å². The lowest BCUT2D eigenvalue weighted by atomic mass is 10.2. The number of nitrogens with one attached hydrogen (secondary N) is 1. The fraction of sp³-hybridized carbons (Fsp3) is 0.500. The molecule has 1 unspecified atom stereocenters. The van der Waals surface area contributed by atoms with Gasteiger partial charge in [0.05, 0.1) is 0 Å². The van der Waals surface area contributed by atoms with Crippen LogP contribution in [0.2, 0.25) is 0 Å². The molecule has 2 amide bonds. The Hall–Kier alpha value is -1.30. The Kier molecular flexibility index (Phi) is 4.06. The van der Waals surface area contributed by atoms with Crippen molar-refractivity contribution in [3.05, 3.63) is 22.6 Å². The first-order chi connectivity index (χ1) is 8.58. The summed E-state index contributed by atoms with van der Waals surface area (Å²) < 4.78 is 5.62. The summed E-state index contributed by atoms with van der Waals surface area (Å²) in [7, 11) is 0. The van der Waals surface area contributed by atoms with Gasteiger partial charge in [-0.15, -0.1) is 0 Å². The number of furan rings is 1. The zero-order valence-corrected chi connectivity index (χ0v) is 11.7. The maximum atomic E-state index is 12.0. The Bertz CT molecular complexity index is 452. The number of carbonyl (C=O) groups excluding carboxylic acids is 2. The maximum absolute atomic E-state index is 12.0. The topological polar surface area (TPSA) is 62.6 Å². The van der Waals surface area contributed by atoms with E-state index in [1.807, 2.05) is 0 Å². The molecule has 1 aromatic heterocycles. The Morgan fingerprint density at radius 1 is 1.39 bits per heavy atom. The van der Waals surface area contributed by atoms with Gasteiger partial charge in [0.1, 0.15) is 6.04 Å². The Morgan fingerprint density at radius 3 is 2.61 bits per heavy atom. The molecule has 0 aromatic carbocycles. The van der Waals surface area contributed by atoms with Gasteiger partial charge in [-0.2, -0.15) is 0 Å². The van der Waals surface area contributed by atoms with Crippen LogP contribution in [0.4, 0.5) is 0 Å². The van der Waals surface area contributed by atoms with Gasteiger partial charge < -0.3 is 14.6 Å². The second kappa shape index (κ2) is 5.56. The minimum absolute atomic E-state index is 0.0357. The molecule has 98 valence electrons. The molecule has 1 aliphatic rings. The lowest BCUT2D eigenvalue weighted by Gasteiger charge is -2.20. The molecule has 1 fully saturated rings. The lowest BCUT2D eigenvalue weighted by Crippen LogP contribution is -2.45. The summed E-state index contributed by atoms with van der Waals surface area (Å²) in [4.78, 5) is 25.6. The van der Waals surface area contributed by atoms with E-state index in [1.54, 1.807) is 24.0 Å². The summed E-state index contributed by atoms with van der Waals surface area (Å²) in [5, 5.41) is 2.64.